The third-order valence-corrected chi connectivity index (χ3v) is 4.63. The van der Waals surface area contributed by atoms with Gasteiger partial charge in [-0.25, -0.2) is 0 Å². The lowest BCUT2D eigenvalue weighted by molar-refractivity contribution is 0.379. The fourth-order valence-corrected chi connectivity index (χ4v) is 3.29. The van der Waals surface area contributed by atoms with Crippen LogP contribution in [0.15, 0.2) is 48.5 Å². The molecule has 1 unspecified atom stereocenters. The molecule has 1 atom stereocenters. The Morgan fingerprint density at radius 3 is 2.25 bits per heavy atom. The Morgan fingerprint density at radius 2 is 1.54 bits per heavy atom. The summed E-state index contributed by atoms with van der Waals surface area (Å²) in [5.74, 6) is 1.37. The molecule has 0 aliphatic carbocycles. The molecule has 0 aromatic heterocycles. The maximum Gasteiger partial charge on any atom is 0.460 e. The van der Waals surface area contributed by atoms with Crippen molar-refractivity contribution >= 4 is 8.60 Å². The standard InChI is InChI=1S/C20H27O3P/c1-3-5-11-17-12-10-16-20(19(17)15-6-4-2)23-24(21)22-18-13-8-7-9-14-18/h7-10,12-14,16,21H,3-6,11,15H2,1-2H3. The molecule has 0 bridgehead atoms. The van der Waals surface area contributed by atoms with Gasteiger partial charge in [0.25, 0.3) is 0 Å². The van der Waals surface area contributed by atoms with Crippen LogP contribution in [0.5, 0.6) is 11.5 Å². The van der Waals surface area contributed by atoms with Crippen molar-refractivity contribution in [1.29, 1.82) is 0 Å². The van der Waals surface area contributed by atoms with Crippen LogP contribution in [0.1, 0.15) is 50.7 Å². The molecule has 0 aliphatic heterocycles. The van der Waals surface area contributed by atoms with Crippen molar-refractivity contribution in [2.45, 2.75) is 52.4 Å². The molecule has 0 radical (unpaired) electrons. The summed E-state index contributed by atoms with van der Waals surface area (Å²) in [6, 6.07) is 15.4. The molecule has 1 N–H and O–H groups in total. The maximum absolute atomic E-state index is 10.2. The second-order valence-electron chi connectivity index (χ2n) is 5.83. The summed E-state index contributed by atoms with van der Waals surface area (Å²) in [6.45, 7) is 4.39. The van der Waals surface area contributed by atoms with Crippen LogP contribution in [0, 0.1) is 0 Å². The Kier molecular flexibility index (Phi) is 8.07. The highest BCUT2D eigenvalue weighted by atomic mass is 31.2. The summed E-state index contributed by atoms with van der Waals surface area (Å²) in [6.07, 6.45) is 6.60. The molecule has 24 heavy (non-hydrogen) atoms. The van der Waals surface area contributed by atoms with E-state index in [0.29, 0.717) is 5.75 Å². The van der Waals surface area contributed by atoms with Gasteiger partial charge in [-0.1, -0.05) is 57.0 Å². The lowest BCUT2D eigenvalue weighted by atomic mass is 9.97. The van der Waals surface area contributed by atoms with E-state index in [9.17, 15) is 4.89 Å². The minimum absolute atomic E-state index is 0.614. The summed E-state index contributed by atoms with van der Waals surface area (Å²) in [5, 5.41) is 0. The topological polar surface area (TPSA) is 38.7 Å². The molecule has 0 saturated carbocycles. The van der Waals surface area contributed by atoms with E-state index in [1.807, 2.05) is 42.5 Å². The Morgan fingerprint density at radius 1 is 0.833 bits per heavy atom. The highest BCUT2D eigenvalue weighted by Crippen LogP contribution is 2.39. The predicted molar refractivity (Wildman–Crippen MR) is 101 cm³/mol. The zero-order chi connectivity index (χ0) is 17.2. The molecule has 4 heteroatoms. The number of hydrogen-bond donors (Lipinski definition) is 1. The molecule has 0 fully saturated rings. The predicted octanol–water partition coefficient (Wildman–Crippen LogP) is 6.05. The van der Waals surface area contributed by atoms with E-state index in [-0.39, 0.29) is 0 Å². The SMILES string of the molecule is CCCCc1cccc(OP(O)Oc2ccccc2)c1CCCC. The average Bonchev–Trinajstić information content (AvgIpc) is 2.60. The summed E-state index contributed by atoms with van der Waals surface area (Å²) in [4.78, 5) is 10.2. The van der Waals surface area contributed by atoms with Gasteiger partial charge in [-0.3, -0.25) is 0 Å². The van der Waals surface area contributed by atoms with Gasteiger partial charge >= 0.3 is 8.60 Å². The van der Waals surface area contributed by atoms with Crippen LogP contribution in [0.2, 0.25) is 0 Å². The third-order valence-electron chi connectivity index (χ3n) is 3.91. The van der Waals surface area contributed by atoms with E-state index in [0.717, 1.165) is 37.9 Å². The quantitative estimate of drug-likeness (QED) is 0.532. The molecular weight excluding hydrogens is 319 g/mol. The first-order valence-electron chi connectivity index (χ1n) is 8.75. The number of unbranched alkanes of at least 4 members (excludes halogenated alkanes) is 2. The molecule has 3 nitrogen and oxygen atoms in total. The third kappa shape index (κ3) is 5.81. The van der Waals surface area contributed by atoms with Gasteiger partial charge in [0.15, 0.2) is 0 Å². The molecule has 2 aromatic carbocycles. The van der Waals surface area contributed by atoms with Gasteiger partial charge in [-0.15, -0.1) is 0 Å². The molecule has 2 aromatic rings. The summed E-state index contributed by atoms with van der Waals surface area (Å²) in [5.41, 5.74) is 2.54. The van der Waals surface area contributed by atoms with E-state index in [1.54, 1.807) is 0 Å². The number of hydrogen-bond acceptors (Lipinski definition) is 3. The molecule has 0 heterocycles. The summed E-state index contributed by atoms with van der Waals surface area (Å²) >= 11 is 0. The van der Waals surface area contributed by atoms with Gasteiger partial charge in [0, 0.05) is 0 Å². The van der Waals surface area contributed by atoms with E-state index in [1.165, 1.54) is 17.5 Å². The normalized spacial score (nSPS) is 12.0. The first-order chi connectivity index (χ1) is 11.7. The minimum Gasteiger partial charge on any atom is -0.418 e. The molecule has 0 amide bonds. The lowest BCUT2D eigenvalue weighted by Gasteiger charge is -2.17. The van der Waals surface area contributed by atoms with Gasteiger partial charge in [0.1, 0.15) is 11.5 Å². The minimum atomic E-state index is -1.99. The maximum atomic E-state index is 10.2. The van der Waals surface area contributed by atoms with Gasteiger partial charge in [0.05, 0.1) is 0 Å². The Balaban J connectivity index is 2.11. The average molecular weight is 346 g/mol. The molecule has 130 valence electrons. The van der Waals surface area contributed by atoms with Crippen molar-refractivity contribution in [3.8, 4) is 11.5 Å². The van der Waals surface area contributed by atoms with Crippen LogP contribution in [0.4, 0.5) is 0 Å². The van der Waals surface area contributed by atoms with Gasteiger partial charge in [-0.05, 0) is 55.0 Å². The van der Waals surface area contributed by atoms with E-state index >= 15 is 0 Å². The number of aryl methyl sites for hydroxylation is 1. The number of rotatable bonds is 10. The Labute approximate surface area is 146 Å². The van der Waals surface area contributed by atoms with Crippen molar-refractivity contribution in [2.24, 2.45) is 0 Å². The summed E-state index contributed by atoms with van der Waals surface area (Å²) < 4.78 is 11.3. The lowest BCUT2D eigenvalue weighted by Crippen LogP contribution is -2.01. The van der Waals surface area contributed by atoms with Gasteiger partial charge < -0.3 is 13.9 Å². The first kappa shape index (κ1) is 18.8. The second-order valence-corrected chi connectivity index (χ2v) is 6.68. The highest BCUT2D eigenvalue weighted by molar-refractivity contribution is 7.41. The van der Waals surface area contributed by atoms with Crippen LogP contribution >= 0.6 is 8.60 Å². The smallest absolute Gasteiger partial charge is 0.418 e. The van der Waals surface area contributed by atoms with Crippen LogP contribution in [-0.4, -0.2) is 4.89 Å². The van der Waals surface area contributed by atoms with Crippen LogP contribution in [0.3, 0.4) is 0 Å². The van der Waals surface area contributed by atoms with E-state index in [4.69, 9.17) is 9.05 Å². The van der Waals surface area contributed by atoms with Crippen molar-refractivity contribution in [1.82, 2.24) is 0 Å². The molecule has 0 saturated heterocycles. The van der Waals surface area contributed by atoms with Gasteiger partial charge in [0.2, 0.25) is 0 Å². The number of benzene rings is 2. The Bertz CT molecular complexity index is 601. The van der Waals surface area contributed by atoms with Crippen molar-refractivity contribution in [3.05, 3.63) is 59.7 Å². The van der Waals surface area contributed by atoms with Crippen LogP contribution < -0.4 is 9.05 Å². The largest absolute Gasteiger partial charge is 0.460 e. The van der Waals surface area contributed by atoms with Crippen LogP contribution in [-0.2, 0) is 12.8 Å². The van der Waals surface area contributed by atoms with Crippen LogP contribution in [0.25, 0.3) is 0 Å². The molecule has 2 rings (SSSR count). The fraction of sp³-hybridized carbons (Fsp3) is 0.400. The van der Waals surface area contributed by atoms with Crippen molar-refractivity contribution in [3.63, 3.8) is 0 Å². The van der Waals surface area contributed by atoms with Crippen molar-refractivity contribution < 1.29 is 13.9 Å². The van der Waals surface area contributed by atoms with Crippen molar-refractivity contribution in [2.75, 3.05) is 0 Å². The zero-order valence-electron chi connectivity index (χ0n) is 14.6. The second kappa shape index (κ2) is 10.3. The van der Waals surface area contributed by atoms with E-state index < -0.39 is 8.60 Å². The zero-order valence-corrected chi connectivity index (χ0v) is 15.5. The molecule has 0 spiro atoms. The van der Waals surface area contributed by atoms with E-state index in [2.05, 4.69) is 19.9 Å². The van der Waals surface area contributed by atoms with Gasteiger partial charge in [-0.2, -0.15) is 0 Å². The monoisotopic (exact) mass is 346 g/mol. The highest BCUT2D eigenvalue weighted by Gasteiger charge is 2.16. The Hall–Kier alpha value is -1.57. The molecule has 0 aliphatic rings. The fourth-order valence-electron chi connectivity index (χ4n) is 2.61. The first-order valence-corrected chi connectivity index (χ1v) is 9.88. The summed E-state index contributed by atoms with van der Waals surface area (Å²) in [7, 11) is -1.99. The molecular formula is C20H27O3P. The number of para-hydroxylation sites is 1.